The average Bonchev–Trinajstić information content (AvgIpc) is 3.12. The molecule has 0 radical (unpaired) electrons. The normalized spacial score (nSPS) is 13.6. The molecule has 7 aromatic rings. The third kappa shape index (κ3) is 5.76. The van der Waals surface area contributed by atoms with Crippen LogP contribution in [0.3, 0.4) is 0 Å². The quantitative estimate of drug-likeness (QED) is 0.0583. The highest BCUT2D eigenvalue weighted by atomic mass is 28.3. The molecule has 0 atom stereocenters. The first-order valence-electron chi connectivity index (χ1n) is 19.1. The summed E-state index contributed by atoms with van der Waals surface area (Å²) in [5.41, 5.74) is 9.46. The van der Waals surface area contributed by atoms with Crippen molar-refractivity contribution in [2.45, 2.75) is 85.4 Å². The van der Waals surface area contributed by atoms with Gasteiger partial charge in [0.1, 0.15) is 19.6 Å². The molecule has 54 heavy (non-hydrogen) atoms. The minimum absolute atomic E-state index is 0.0585. The monoisotopic (exact) mass is 725 g/mol. The Bertz CT molecular complexity index is 2650. The zero-order valence-electron chi connectivity index (χ0n) is 33.0. The molecule has 0 saturated carbocycles. The van der Waals surface area contributed by atoms with Crippen molar-refractivity contribution in [3.05, 3.63) is 124 Å². The van der Waals surface area contributed by atoms with E-state index in [1.165, 1.54) is 10.5 Å². The van der Waals surface area contributed by atoms with Crippen LogP contribution in [-0.2, 0) is 5.41 Å². The summed E-state index contributed by atoms with van der Waals surface area (Å²) >= 11 is 0. The van der Waals surface area contributed by atoms with Gasteiger partial charge in [-0.3, -0.25) is 9.59 Å². The molecule has 0 aliphatic carbocycles. The minimum Gasteiger partial charge on any atom is -0.457 e. The van der Waals surface area contributed by atoms with E-state index in [9.17, 15) is 9.59 Å². The number of anilines is 1. The maximum atomic E-state index is 14.8. The van der Waals surface area contributed by atoms with Crippen LogP contribution in [0.4, 0.5) is 5.69 Å². The lowest BCUT2D eigenvalue weighted by Gasteiger charge is -2.33. The van der Waals surface area contributed by atoms with Crippen molar-refractivity contribution in [2.24, 2.45) is 0 Å². The van der Waals surface area contributed by atoms with Crippen LogP contribution in [0.15, 0.2) is 91.0 Å². The number of carbonyl (C=O) groups is 2. The van der Waals surface area contributed by atoms with Crippen molar-refractivity contribution in [1.82, 2.24) is 0 Å². The maximum absolute atomic E-state index is 14.8. The summed E-state index contributed by atoms with van der Waals surface area (Å²) in [5.74, 6) is 4.57. The summed E-state index contributed by atoms with van der Waals surface area (Å²) in [4.78, 5) is 31.1. The Morgan fingerprint density at radius 1 is 0.630 bits per heavy atom. The lowest BCUT2D eigenvalue weighted by atomic mass is 9.83. The Morgan fingerprint density at radius 3 is 1.69 bits per heavy atom. The molecular formula is C49H47NO3Si. The van der Waals surface area contributed by atoms with Crippen LogP contribution < -0.4 is 9.64 Å². The molecule has 0 bridgehead atoms. The van der Waals surface area contributed by atoms with E-state index in [-0.39, 0.29) is 29.1 Å². The summed E-state index contributed by atoms with van der Waals surface area (Å²) < 4.78 is 6.53. The molecule has 1 aliphatic heterocycles. The van der Waals surface area contributed by atoms with E-state index in [0.29, 0.717) is 16.8 Å². The van der Waals surface area contributed by atoms with Gasteiger partial charge in [0.15, 0.2) is 0 Å². The van der Waals surface area contributed by atoms with Crippen LogP contribution in [0.25, 0.3) is 43.1 Å². The fraction of sp³-hybridized carbons (Fsp3) is 0.265. The van der Waals surface area contributed by atoms with E-state index in [1.54, 1.807) is 0 Å². The van der Waals surface area contributed by atoms with Crippen molar-refractivity contribution >= 4 is 68.7 Å². The highest BCUT2D eigenvalue weighted by Gasteiger charge is 2.38. The Labute approximate surface area is 319 Å². The number of amides is 2. The summed E-state index contributed by atoms with van der Waals surface area (Å²) in [6, 6.07) is 31.0. The lowest BCUT2D eigenvalue weighted by Crippen LogP contribution is -2.42. The van der Waals surface area contributed by atoms with Gasteiger partial charge in [0.25, 0.3) is 11.8 Å². The predicted octanol–water partition coefficient (Wildman–Crippen LogP) is 13.1. The molecule has 7 aromatic carbocycles. The van der Waals surface area contributed by atoms with E-state index in [1.807, 2.05) is 30.3 Å². The molecule has 0 saturated heterocycles. The number of carbonyl (C=O) groups excluding carboxylic acids is 2. The molecular weight excluding hydrogens is 679 g/mol. The molecule has 0 unspecified atom stereocenters. The van der Waals surface area contributed by atoms with Crippen molar-refractivity contribution in [1.29, 1.82) is 0 Å². The molecule has 4 nitrogen and oxygen atoms in total. The van der Waals surface area contributed by atoms with Gasteiger partial charge in [0.2, 0.25) is 0 Å². The molecule has 0 aromatic heterocycles. The van der Waals surface area contributed by atoms with Gasteiger partial charge in [-0.15, -0.1) is 5.54 Å². The van der Waals surface area contributed by atoms with Crippen LogP contribution in [0.2, 0.25) is 19.6 Å². The highest BCUT2D eigenvalue weighted by Crippen LogP contribution is 2.48. The SMILES string of the molecule is CC(C)c1cc(C#C[Si](C)(C)C)cc(C(C)C)c1N1C(=O)c2ccc3c4cccc5c(Oc6ccc(C(C)(C)C)cc6)ccc(c6ccc(c2c36)C1=O)c54. The van der Waals surface area contributed by atoms with Crippen molar-refractivity contribution < 1.29 is 14.3 Å². The number of benzene rings is 7. The number of fused-ring (bicyclic) bond motifs is 2. The molecule has 8 rings (SSSR count). The first-order chi connectivity index (χ1) is 25.5. The molecule has 0 spiro atoms. The third-order valence-electron chi connectivity index (χ3n) is 10.8. The van der Waals surface area contributed by atoms with E-state index in [0.717, 1.165) is 71.3 Å². The van der Waals surface area contributed by atoms with Crippen LogP contribution in [-0.4, -0.2) is 19.9 Å². The van der Waals surface area contributed by atoms with Gasteiger partial charge in [-0.05, 0) is 109 Å². The van der Waals surface area contributed by atoms with Gasteiger partial charge in [-0.1, -0.05) is 116 Å². The van der Waals surface area contributed by atoms with Gasteiger partial charge in [-0.2, -0.15) is 0 Å². The van der Waals surface area contributed by atoms with Crippen LogP contribution in [0.1, 0.15) is 103 Å². The van der Waals surface area contributed by atoms with Crippen LogP contribution in [0, 0.1) is 11.5 Å². The van der Waals surface area contributed by atoms with E-state index in [2.05, 4.69) is 140 Å². The highest BCUT2D eigenvalue weighted by molar-refractivity contribution is 6.83. The number of ether oxygens (including phenoxy) is 1. The van der Waals surface area contributed by atoms with Gasteiger partial charge in [-0.25, -0.2) is 4.90 Å². The van der Waals surface area contributed by atoms with E-state index < -0.39 is 8.07 Å². The Hall–Kier alpha value is -5.44. The van der Waals surface area contributed by atoms with E-state index >= 15 is 0 Å². The van der Waals surface area contributed by atoms with Crippen molar-refractivity contribution in [3.63, 3.8) is 0 Å². The molecule has 5 heteroatoms. The van der Waals surface area contributed by atoms with Crippen LogP contribution >= 0.6 is 0 Å². The molecule has 2 amide bonds. The predicted molar refractivity (Wildman–Crippen MR) is 229 cm³/mol. The fourth-order valence-corrected chi connectivity index (χ4v) is 8.57. The second-order valence-corrected chi connectivity index (χ2v) is 22.3. The standard InChI is InChI=1S/C49H47NO3Si/c1-28(2)40-26-30(24-25-54(8,9)10)27-41(29(3)4)46(40)50-47(51)38-20-18-35-33-12-11-13-37-42(53-32-16-14-31(15-17-32)49(5,6)7)23-22-34(43(33)37)36-19-21-39(48(50)52)45(38)44(35)36/h11-23,26-29H,1-10H3. The largest absolute Gasteiger partial charge is 0.457 e. The van der Waals surface area contributed by atoms with Crippen molar-refractivity contribution in [2.75, 3.05) is 4.90 Å². The lowest BCUT2D eigenvalue weighted by molar-refractivity contribution is 0.0893. The topological polar surface area (TPSA) is 46.6 Å². The number of hydrogen-bond acceptors (Lipinski definition) is 3. The third-order valence-corrected chi connectivity index (χ3v) is 11.7. The summed E-state index contributed by atoms with van der Waals surface area (Å²) in [6.07, 6.45) is 0. The number of hydrogen-bond donors (Lipinski definition) is 0. The first-order valence-corrected chi connectivity index (χ1v) is 22.6. The summed E-state index contributed by atoms with van der Waals surface area (Å²) in [5, 5.41) is 7.95. The van der Waals surface area contributed by atoms with Crippen molar-refractivity contribution in [3.8, 4) is 23.0 Å². The Kier molecular flexibility index (Phi) is 8.28. The molecule has 270 valence electrons. The van der Waals surface area contributed by atoms with Gasteiger partial charge in [0, 0.05) is 32.8 Å². The molecule has 0 fully saturated rings. The maximum Gasteiger partial charge on any atom is 0.266 e. The number of imide groups is 1. The molecule has 0 N–H and O–H groups in total. The average molecular weight is 726 g/mol. The Balaban J connectivity index is 1.30. The van der Waals surface area contributed by atoms with Gasteiger partial charge in [0.05, 0.1) is 5.69 Å². The van der Waals surface area contributed by atoms with E-state index in [4.69, 9.17) is 4.74 Å². The first kappa shape index (κ1) is 35.6. The summed E-state index contributed by atoms with van der Waals surface area (Å²) in [7, 11) is -1.62. The smallest absolute Gasteiger partial charge is 0.266 e. The second-order valence-electron chi connectivity index (χ2n) is 17.5. The van der Waals surface area contributed by atoms with Gasteiger partial charge >= 0.3 is 0 Å². The summed E-state index contributed by atoms with van der Waals surface area (Å²) in [6.45, 7) is 21.8. The zero-order chi connectivity index (χ0) is 38.4. The minimum atomic E-state index is -1.62. The fourth-order valence-electron chi connectivity index (χ4n) is 8.06. The molecule has 1 heterocycles. The molecule has 1 aliphatic rings. The van der Waals surface area contributed by atoms with Gasteiger partial charge < -0.3 is 4.74 Å². The Morgan fingerprint density at radius 2 is 1.15 bits per heavy atom. The van der Waals surface area contributed by atoms with Crippen LogP contribution in [0.5, 0.6) is 11.5 Å². The number of rotatable bonds is 5. The number of nitrogens with zero attached hydrogens (tertiary/aromatic N) is 1. The zero-order valence-corrected chi connectivity index (χ0v) is 34.0. The second kappa shape index (κ2) is 12.6.